The number of Topliss-reactive ketones (excluding diaryl/α,β-unsaturated/α-hetero) is 2. The number of carbonyl (C=O) groups excluding carboxylic acids is 6. The summed E-state index contributed by atoms with van der Waals surface area (Å²) in [6, 6.07) is 20.4. The zero-order valence-corrected chi connectivity index (χ0v) is 56.7. The van der Waals surface area contributed by atoms with Crippen molar-refractivity contribution in [3.63, 3.8) is 0 Å². The number of nitrogens with one attached hydrogen (secondary N) is 2. The van der Waals surface area contributed by atoms with Gasteiger partial charge in [0.2, 0.25) is 0 Å². The van der Waals surface area contributed by atoms with Crippen molar-refractivity contribution in [2.75, 3.05) is 89.5 Å². The lowest BCUT2D eigenvalue weighted by atomic mass is 9.95. The fraction of sp³-hybridized carbons (Fsp3) is 0.284. The van der Waals surface area contributed by atoms with Crippen LogP contribution < -0.4 is 20.4 Å². The molecule has 4 aromatic carbocycles. The van der Waals surface area contributed by atoms with E-state index in [0.29, 0.717) is 143 Å². The number of urea groups is 2. The number of hydrogen-bond acceptors (Lipinski definition) is 21. The Balaban J connectivity index is 0.000000175. The van der Waals surface area contributed by atoms with Crippen LogP contribution in [0.4, 0.5) is 29.3 Å². The summed E-state index contributed by atoms with van der Waals surface area (Å²) in [5.74, 6) is -0.0466. The summed E-state index contributed by atoms with van der Waals surface area (Å²) in [7, 11) is 4.48. The first-order chi connectivity index (χ1) is 46.8. The second-order valence-corrected chi connectivity index (χ2v) is 27.0. The van der Waals surface area contributed by atoms with Gasteiger partial charge in [0.1, 0.15) is 29.5 Å². The van der Waals surface area contributed by atoms with Crippen molar-refractivity contribution in [2.24, 2.45) is 17.0 Å². The van der Waals surface area contributed by atoms with Crippen LogP contribution in [0.5, 0.6) is 0 Å². The molecule has 6 aliphatic rings. The van der Waals surface area contributed by atoms with E-state index in [4.69, 9.17) is 52.6 Å². The smallest absolute Gasteiger partial charge is 0.338 e. The third kappa shape index (κ3) is 13.6. The lowest BCUT2D eigenvalue weighted by Crippen LogP contribution is -2.53. The van der Waals surface area contributed by atoms with Gasteiger partial charge in [-0.25, -0.2) is 47.9 Å². The Morgan fingerprint density at radius 1 is 0.619 bits per heavy atom. The Hall–Kier alpha value is -9.42. The van der Waals surface area contributed by atoms with E-state index in [1.807, 2.05) is 74.1 Å². The van der Waals surface area contributed by atoms with Gasteiger partial charge >= 0.3 is 24.0 Å². The lowest BCUT2D eigenvalue weighted by molar-refractivity contribution is -0.137. The average molecular weight is 1410 g/mol. The molecule has 0 saturated carbocycles. The normalized spacial score (nSPS) is 19.6. The summed E-state index contributed by atoms with van der Waals surface area (Å²) in [6.07, 6.45) is 5.17. The summed E-state index contributed by atoms with van der Waals surface area (Å²) < 4.78 is 40.3. The molecule has 4 aromatic heterocycles. The highest BCUT2D eigenvalue weighted by Gasteiger charge is 2.46. The standard InChI is InChI=1S/C34H32ClFN8O4S.C33H29ClFN7O4S2/c1-19(45)20-4-6-21(7-5-20)31-39-27(18-41(31)2)44-16-23-15-42(11-12-43(23)34(44)47)17-26-28(33(46)48-3)29(24-9-8-22(36)14-25(24)35)40-30(38-26)32-37-10-13-49-32;1-18(43)19-4-3-5-20(12-19)26-17-48-32(38-26)42-15-22-14-40(9-10-41(22)33(42)45)16-25-27(31(44)46-2)28(23-7-6-21(35)13-24(23)34)39-29(37-25)30-36-8-11-47-30/h4-10,13-14,18,23,29H,11-12,15-17H2,1-3H3,(H,38,40);3-8,11-13,17,22,28H,9-10,14-16H2,1-2H3,(H,37,39)/t23-,29-;22-,28-/m00/s1. The third-order valence-electron chi connectivity index (χ3n) is 17.5. The van der Waals surface area contributed by atoms with Crippen LogP contribution in [-0.2, 0) is 26.1 Å². The highest BCUT2D eigenvalue weighted by Crippen LogP contribution is 2.41. The number of methoxy groups -OCH3 is 2. The van der Waals surface area contributed by atoms with Gasteiger partial charge in [-0.1, -0.05) is 77.8 Å². The van der Waals surface area contributed by atoms with E-state index in [2.05, 4.69) is 30.4 Å². The van der Waals surface area contributed by atoms with E-state index in [-0.39, 0.29) is 56.9 Å². The molecular weight excluding hydrogens is 1350 g/mol. The first-order valence-electron chi connectivity index (χ1n) is 30.7. The van der Waals surface area contributed by atoms with Crippen LogP contribution in [0.1, 0.15) is 67.8 Å². The number of nitrogens with zero attached hydrogens (tertiary/aromatic N) is 13. The summed E-state index contributed by atoms with van der Waals surface area (Å²) in [5.41, 5.74) is 6.17. The Kier molecular flexibility index (Phi) is 19.1. The van der Waals surface area contributed by atoms with Gasteiger partial charge in [0.15, 0.2) is 44.2 Å². The van der Waals surface area contributed by atoms with Gasteiger partial charge in [-0.3, -0.25) is 39.2 Å². The van der Waals surface area contributed by atoms with Crippen LogP contribution in [0.25, 0.3) is 22.6 Å². The molecule has 2 N–H and O–H groups in total. The summed E-state index contributed by atoms with van der Waals surface area (Å²) in [4.78, 5) is 117. The first-order valence-corrected chi connectivity index (χ1v) is 34.0. The molecule has 0 unspecified atom stereocenters. The molecule has 10 heterocycles. The number of esters is 2. The topological polar surface area (TPSA) is 246 Å². The minimum Gasteiger partial charge on any atom is -0.466 e. The van der Waals surface area contributed by atoms with Crippen molar-refractivity contribution in [1.29, 1.82) is 0 Å². The molecule has 14 rings (SSSR count). The van der Waals surface area contributed by atoms with Crippen LogP contribution in [0.3, 0.4) is 0 Å². The van der Waals surface area contributed by atoms with E-state index in [0.717, 1.165) is 11.1 Å². The molecule has 4 fully saturated rings. The van der Waals surface area contributed by atoms with Crippen LogP contribution in [-0.4, -0.2) is 183 Å². The van der Waals surface area contributed by atoms with Crippen molar-refractivity contribution in [3.8, 4) is 22.6 Å². The number of halogens is 4. The summed E-state index contributed by atoms with van der Waals surface area (Å²) in [5, 5.41) is 14.3. The molecule has 30 heteroatoms. The molecule has 0 spiro atoms. The highest BCUT2D eigenvalue weighted by atomic mass is 35.5. The van der Waals surface area contributed by atoms with Crippen molar-refractivity contribution in [1.82, 2.24) is 54.7 Å². The summed E-state index contributed by atoms with van der Waals surface area (Å²) in [6.45, 7) is 7.76. The van der Waals surface area contributed by atoms with Crippen molar-refractivity contribution in [2.45, 2.75) is 38.0 Å². The van der Waals surface area contributed by atoms with E-state index in [1.54, 1.807) is 40.4 Å². The number of rotatable bonds is 16. The van der Waals surface area contributed by atoms with Crippen LogP contribution in [0.15, 0.2) is 152 Å². The van der Waals surface area contributed by atoms with E-state index in [1.165, 1.54) is 98.5 Å². The molecule has 0 bridgehead atoms. The maximum atomic E-state index is 14.0. The number of anilines is 2. The van der Waals surface area contributed by atoms with E-state index < -0.39 is 35.7 Å². The molecular formula is C67H61Cl2F2N15O8S3. The molecule has 4 saturated heterocycles. The van der Waals surface area contributed by atoms with Crippen molar-refractivity contribution >= 4 is 115 Å². The van der Waals surface area contributed by atoms with Gasteiger partial charge in [-0.15, -0.1) is 34.0 Å². The van der Waals surface area contributed by atoms with Gasteiger partial charge in [-0.2, -0.15) is 0 Å². The molecule has 498 valence electrons. The minimum absolute atomic E-state index is 0.0114. The number of carbonyl (C=O) groups is 6. The number of ether oxygens (including phenoxy) is 2. The van der Waals surface area contributed by atoms with Crippen LogP contribution >= 0.6 is 57.2 Å². The molecule has 23 nitrogen and oxygen atoms in total. The molecule has 4 amide bonds. The molecule has 8 aromatic rings. The molecule has 97 heavy (non-hydrogen) atoms. The Morgan fingerprint density at radius 3 is 1.64 bits per heavy atom. The first kappa shape index (κ1) is 66.2. The molecule has 6 aliphatic heterocycles. The largest absolute Gasteiger partial charge is 0.466 e. The Labute approximate surface area is 577 Å². The number of benzene rings is 4. The zero-order valence-electron chi connectivity index (χ0n) is 52.7. The number of hydrogen-bond donors (Lipinski definition) is 2. The number of thiazole rings is 3. The lowest BCUT2D eigenvalue weighted by Gasteiger charge is -2.38. The average Bonchev–Trinajstić information content (AvgIpc) is 1.71. The maximum Gasteiger partial charge on any atom is 0.338 e. The van der Waals surface area contributed by atoms with Crippen molar-refractivity contribution < 1.29 is 47.0 Å². The van der Waals surface area contributed by atoms with Crippen LogP contribution in [0, 0.1) is 11.6 Å². The quantitative estimate of drug-likeness (QED) is 0.0675. The number of piperazine rings is 2. The minimum atomic E-state index is -0.863. The van der Waals surface area contributed by atoms with Gasteiger partial charge < -0.3 is 34.5 Å². The van der Waals surface area contributed by atoms with Gasteiger partial charge in [-0.05, 0) is 44.2 Å². The number of aromatic nitrogens is 5. The molecule has 0 radical (unpaired) electrons. The number of aliphatic imine (C=N–C) groups is 2. The zero-order chi connectivity index (χ0) is 67.9. The number of amides is 4. The van der Waals surface area contributed by atoms with Gasteiger partial charge in [0.05, 0.1) is 56.2 Å². The Morgan fingerprint density at radius 2 is 1.14 bits per heavy atom. The number of fused-ring (bicyclic) bond motifs is 2. The second kappa shape index (κ2) is 28.0. The number of imidazole rings is 1. The molecule has 0 aliphatic carbocycles. The SMILES string of the molecule is COC(=O)C1=C(CN2CCN3C(=O)N(c4cn(C)c(-c5ccc(C(C)=O)cc5)n4)C[C@@H]3C2)NC(c2nccs2)=N[C@H]1c1ccc(F)cc1Cl.COC(=O)C1=C(CN2CCN3C(=O)N(c4nc(-c5cccc(C(C)=O)c5)cs4)C[C@@H]3C2)NC(c2nccs2)=N[C@H]1c1ccc(F)cc1Cl. The fourth-order valence-electron chi connectivity index (χ4n) is 12.7. The van der Waals surface area contributed by atoms with Crippen molar-refractivity contribution in [3.05, 3.63) is 196 Å². The van der Waals surface area contributed by atoms with Gasteiger partial charge in [0, 0.05) is 149 Å². The predicted octanol–water partition coefficient (Wildman–Crippen LogP) is 10.1. The Bertz CT molecular complexity index is 4560. The second-order valence-electron chi connectivity index (χ2n) is 23.6. The summed E-state index contributed by atoms with van der Waals surface area (Å²) >= 11 is 17.2. The number of aryl methyl sites for hydroxylation is 1. The highest BCUT2D eigenvalue weighted by molar-refractivity contribution is 7.14. The number of amidine groups is 2. The fourth-order valence-corrected chi connectivity index (χ4v) is 15.2. The number of ketones is 2. The monoisotopic (exact) mass is 1410 g/mol. The predicted molar refractivity (Wildman–Crippen MR) is 366 cm³/mol. The van der Waals surface area contributed by atoms with E-state index >= 15 is 0 Å². The molecule has 4 atom stereocenters. The van der Waals surface area contributed by atoms with Crippen LogP contribution in [0.2, 0.25) is 10.0 Å². The van der Waals surface area contributed by atoms with Gasteiger partial charge in [0.25, 0.3) is 0 Å². The maximum absolute atomic E-state index is 14.0. The third-order valence-corrected chi connectivity index (χ3v) is 20.5. The van der Waals surface area contributed by atoms with E-state index in [9.17, 15) is 37.5 Å².